The maximum Gasteiger partial charge on any atom is 0.142 e. The fraction of sp³-hybridized carbons (Fsp3) is 0.400. The molecule has 1 aliphatic carbocycles. The minimum absolute atomic E-state index is 0.435. The monoisotopic (exact) mass is 494 g/mol. The van der Waals surface area contributed by atoms with E-state index in [1.165, 1.54) is 16.9 Å². The Morgan fingerprint density at radius 3 is 2.81 bits per heavy atom. The summed E-state index contributed by atoms with van der Waals surface area (Å²) in [4.78, 5) is 6.00. The van der Waals surface area contributed by atoms with Gasteiger partial charge in [0.05, 0.1) is 16.6 Å². The third-order valence-corrected chi connectivity index (χ3v) is 6.43. The predicted octanol–water partition coefficient (Wildman–Crippen LogP) is 6.81. The quantitative estimate of drug-likeness (QED) is 0.427. The van der Waals surface area contributed by atoms with Crippen LogP contribution in [0.3, 0.4) is 0 Å². The molecule has 0 saturated heterocycles. The molecular weight excluding hydrogens is 476 g/mol. The van der Waals surface area contributed by atoms with E-state index in [1.807, 2.05) is 18.3 Å². The van der Waals surface area contributed by atoms with Crippen molar-refractivity contribution in [3.8, 4) is 11.8 Å². The lowest BCUT2D eigenvalue weighted by molar-refractivity contribution is 0.269. The number of hydrogen-bond acceptors (Lipinski definition) is 4. The number of fused-ring (bicyclic) bond motifs is 1. The van der Waals surface area contributed by atoms with Gasteiger partial charge >= 0.3 is 0 Å². The minimum Gasteiger partial charge on any atom is -0.491 e. The predicted molar refractivity (Wildman–Crippen MR) is 115 cm³/mol. The molecular formula is C20H20Br2N2OS. The number of nitriles is 1. The van der Waals surface area contributed by atoms with Crippen molar-refractivity contribution in [3.05, 3.63) is 42.6 Å². The van der Waals surface area contributed by atoms with Crippen molar-refractivity contribution < 1.29 is 4.74 Å². The summed E-state index contributed by atoms with van der Waals surface area (Å²) in [5.41, 5.74) is 2.85. The van der Waals surface area contributed by atoms with Gasteiger partial charge in [-0.15, -0.1) is 11.3 Å². The zero-order chi connectivity index (χ0) is 18.7. The Labute approximate surface area is 175 Å². The van der Waals surface area contributed by atoms with Crippen LogP contribution in [0.4, 0.5) is 5.00 Å². The van der Waals surface area contributed by atoms with Crippen molar-refractivity contribution in [2.45, 2.75) is 39.5 Å². The molecule has 0 spiro atoms. The average Bonchev–Trinajstić information content (AvgIpc) is 2.96. The van der Waals surface area contributed by atoms with Gasteiger partial charge in [-0.2, -0.15) is 5.26 Å². The lowest BCUT2D eigenvalue weighted by Crippen LogP contribution is -2.06. The van der Waals surface area contributed by atoms with E-state index in [1.54, 1.807) is 11.3 Å². The molecule has 0 atom stereocenters. The summed E-state index contributed by atoms with van der Waals surface area (Å²) < 4.78 is 7.83. The molecule has 0 saturated carbocycles. The molecule has 0 fully saturated rings. The lowest BCUT2D eigenvalue weighted by atomic mass is 9.96. The van der Waals surface area contributed by atoms with Gasteiger partial charge < -0.3 is 4.74 Å². The van der Waals surface area contributed by atoms with Gasteiger partial charge in [0.2, 0.25) is 0 Å². The molecule has 0 amide bonds. The SMILES string of the molecule is CC(C)COc1c(Br)cc(Br)cc1C=Nc1sc2c(c1C#N)CCCC2. The van der Waals surface area contributed by atoms with E-state index >= 15 is 0 Å². The Morgan fingerprint density at radius 2 is 2.08 bits per heavy atom. The van der Waals surface area contributed by atoms with Crippen LogP contribution in [0.15, 0.2) is 26.1 Å². The molecule has 136 valence electrons. The van der Waals surface area contributed by atoms with Gasteiger partial charge in [0.15, 0.2) is 0 Å². The van der Waals surface area contributed by atoms with Crippen LogP contribution in [0, 0.1) is 17.2 Å². The summed E-state index contributed by atoms with van der Waals surface area (Å²) in [6.45, 7) is 4.88. The van der Waals surface area contributed by atoms with E-state index in [0.29, 0.717) is 12.5 Å². The molecule has 2 aromatic rings. The number of benzene rings is 1. The van der Waals surface area contributed by atoms with E-state index in [2.05, 4.69) is 56.8 Å². The van der Waals surface area contributed by atoms with Crippen LogP contribution in [0.2, 0.25) is 0 Å². The van der Waals surface area contributed by atoms with Crippen molar-refractivity contribution in [3.63, 3.8) is 0 Å². The van der Waals surface area contributed by atoms with Crippen LogP contribution in [-0.2, 0) is 12.8 Å². The highest BCUT2D eigenvalue weighted by molar-refractivity contribution is 9.11. The maximum absolute atomic E-state index is 9.59. The summed E-state index contributed by atoms with van der Waals surface area (Å²) in [7, 11) is 0. The Hall–Kier alpha value is -1.16. The van der Waals surface area contributed by atoms with Crippen LogP contribution >= 0.6 is 43.2 Å². The topological polar surface area (TPSA) is 45.4 Å². The molecule has 26 heavy (non-hydrogen) atoms. The second kappa shape index (κ2) is 8.69. The highest BCUT2D eigenvalue weighted by atomic mass is 79.9. The summed E-state index contributed by atoms with van der Waals surface area (Å²) in [5.74, 6) is 1.22. The second-order valence-electron chi connectivity index (χ2n) is 6.77. The lowest BCUT2D eigenvalue weighted by Gasteiger charge is -2.13. The van der Waals surface area contributed by atoms with Gasteiger partial charge in [-0.1, -0.05) is 29.8 Å². The van der Waals surface area contributed by atoms with Crippen LogP contribution in [0.25, 0.3) is 0 Å². The third kappa shape index (κ3) is 4.39. The zero-order valence-electron chi connectivity index (χ0n) is 14.8. The number of hydrogen-bond donors (Lipinski definition) is 0. The van der Waals surface area contributed by atoms with Gasteiger partial charge in [0.1, 0.15) is 16.8 Å². The molecule has 3 nitrogen and oxygen atoms in total. The molecule has 0 aliphatic heterocycles. The van der Waals surface area contributed by atoms with Crippen molar-refractivity contribution >= 4 is 54.4 Å². The molecule has 1 aromatic carbocycles. The summed E-state index contributed by atoms with van der Waals surface area (Å²) in [6, 6.07) is 6.32. The van der Waals surface area contributed by atoms with E-state index in [4.69, 9.17) is 4.74 Å². The Balaban J connectivity index is 1.96. The fourth-order valence-electron chi connectivity index (χ4n) is 2.96. The second-order valence-corrected chi connectivity index (χ2v) is 9.63. The number of rotatable bonds is 5. The van der Waals surface area contributed by atoms with Gasteiger partial charge in [-0.05, 0) is 65.2 Å². The molecule has 1 heterocycles. The van der Waals surface area contributed by atoms with Crippen molar-refractivity contribution in [2.24, 2.45) is 10.9 Å². The Kier molecular flexibility index (Phi) is 6.55. The maximum atomic E-state index is 9.59. The zero-order valence-corrected chi connectivity index (χ0v) is 18.8. The van der Waals surface area contributed by atoms with Crippen LogP contribution < -0.4 is 4.74 Å². The molecule has 0 unspecified atom stereocenters. The van der Waals surface area contributed by atoms with Crippen molar-refractivity contribution in [2.75, 3.05) is 6.61 Å². The number of ether oxygens (including phenoxy) is 1. The van der Waals surface area contributed by atoms with Gasteiger partial charge in [-0.25, -0.2) is 4.99 Å². The number of halogens is 2. The van der Waals surface area contributed by atoms with Gasteiger partial charge in [0.25, 0.3) is 0 Å². The standard InChI is InChI=1S/C20H20Br2N2OS/c1-12(2)11-25-19-13(7-14(21)8-17(19)22)10-24-20-16(9-23)15-5-3-4-6-18(15)26-20/h7-8,10,12H,3-6,11H2,1-2H3. The molecule has 0 bridgehead atoms. The smallest absolute Gasteiger partial charge is 0.142 e. The van der Waals surface area contributed by atoms with E-state index in [9.17, 15) is 5.26 Å². The largest absolute Gasteiger partial charge is 0.491 e. The number of aliphatic imine (C=N–C) groups is 1. The minimum atomic E-state index is 0.435. The van der Waals surface area contributed by atoms with E-state index < -0.39 is 0 Å². The van der Waals surface area contributed by atoms with Crippen molar-refractivity contribution in [1.29, 1.82) is 5.26 Å². The first-order chi connectivity index (χ1) is 12.5. The Morgan fingerprint density at radius 1 is 1.31 bits per heavy atom. The Bertz CT molecular complexity index is 881. The fourth-order valence-corrected chi connectivity index (χ4v) is 5.52. The number of aryl methyl sites for hydroxylation is 1. The highest BCUT2D eigenvalue weighted by Crippen LogP contribution is 2.40. The van der Waals surface area contributed by atoms with Gasteiger partial charge in [-0.3, -0.25) is 0 Å². The van der Waals surface area contributed by atoms with Crippen molar-refractivity contribution in [1.82, 2.24) is 0 Å². The number of thiophene rings is 1. The summed E-state index contributed by atoms with van der Waals surface area (Å²) >= 11 is 8.77. The van der Waals surface area contributed by atoms with Crippen LogP contribution in [-0.4, -0.2) is 12.8 Å². The normalized spacial score (nSPS) is 13.8. The first-order valence-electron chi connectivity index (χ1n) is 8.70. The molecule has 0 radical (unpaired) electrons. The van der Waals surface area contributed by atoms with Crippen LogP contribution in [0.5, 0.6) is 5.75 Å². The van der Waals surface area contributed by atoms with E-state index in [0.717, 1.165) is 50.1 Å². The highest BCUT2D eigenvalue weighted by Gasteiger charge is 2.20. The first kappa shape index (κ1) is 19.6. The first-order valence-corrected chi connectivity index (χ1v) is 11.1. The molecule has 1 aromatic heterocycles. The van der Waals surface area contributed by atoms with Crippen LogP contribution in [0.1, 0.15) is 48.3 Å². The van der Waals surface area contributed by atoms with E-state index in [-0.39, 0.29) is 0 Å². The average molecular weight is 496 g/mol. The summed E-state index contributed by atoms with van der Waals surface area (Å²) in [6.07, 6.45) is 6.23. The molecule has 1 aliphatic rings. The number of nitrogens with zero attached hydrogens (tertiary/aromatic N) is 2. The summed E-state index contributed by atoms with van der Waals surface area (Å²) in [5, 5.41) is 10.4. The third-order valence-electron chi connectivity index (χ3n) is 4.18. The van der Waals surface area contributed by atoms with Gasteiger partial charge in [0, 0.05) is 21.1 Å². The molecule has 6 heteroatoms. The molecule has 3 rings (SSSR count). The molecule has 0 N–H and O–H groups in total.